The van der Waals surface area contributed by atoms with E-state index in [-0.39, 0.29) is 6.04 Å². The molecule has 0 spiro atoms. The molecule has 4 heteroatoms. The number of fused-ring (bicyclic) bond motifs is 2. The lowest BCUT2D eigenvalue weighted by Gasteiger charge is -2.22. The van der Waals surface area contributed by atoms with Gasteiger partial charge in [-0.1, -0.05) is 54.6 Å². The highest BCUT2D eigenvalue weighted by Crippen LogP contribution is 2.33. The molecule has 172 valence electrons. The fraction of sp³-hybridized carbons (Fsp3) is 0.267. The summed E-state index contributed by atoms with van der Waals surface area (Å²) in [4.78, 5) is 16.8. The van der Waals surface area contributed by atoms with E-state index in [1.165, 1.54) is 21.9 Å². The average Bonchev–Trinajstić information content (AvgIpc) is 2.86. The number of benzene rings is 3. The molecule has 0 amide bonds. The minimum absolute atomic E-state index is 0.172. The molecule has 0 saturated heterocycles. The maximum atomic E-state index is 11.7. The summed E-state index contributed by atoms with van der Waals surface area (Å²) in [7, 11) is 0. The number of rotatable bonds is 6. The lowest BCUT2D eigenvalue weighted by Crippen LogP contribution is -2.20. The Hall–Kier alpha value is -3.50. The van der Waals surface area contributed by atoms with Crippen molar-refractivity contribution in [1.29, 1.82) is 0 Å². The van der Waals surface area contributed by atoms with E-state index in [2.05, 4.69) is 60.8 Å². The first-order valence-corrected chi connectivity index (χ1v) is 12.1. The van der Waals surface area contributed by atoms with Crippen molar-refractivity contribution in [2.24, 2.45) is 0 Å². The molecule has 1 aromatic heterocycles. The maximum absolute atomic E-state index is 11.7. The van der Waals surface area contributed by atoms with Gasteiger partial charge in [0, 0.05) is 18.3 Å². The Morgan fingerprint density at radius 3 is 2.68 bits per heavy atom. The molecule has 0 fully saturated rings. The molecule has 0 aliphatic heterocycles. The summed E-state index contributed by atoms with van der Waals surface area (Å²) < 4.78 is 0. The third-order valence-corrected chi connectivity index (χ3v) is 7.01. The first kappa shape index (κ1) is 22.3. The van der Waals surface area contributed by atoms with Gasteiger partial charge in [-0.25, -0.2) is 4.79 Å². The summed E-state index contributed by atoms with van der Waals surface area (Å²) in [6.45, 7) is 4.70. The molecule has 1 aliphatic carbocycles. The van der Waals surface area contributed by atoms with E-state index < -0.39 is 5.97 Å². The van der Waals surface area contributed by atoms with Gasteiger partial charge in [0.2, 0.25) is 0 Å². The molecular weight excluding hydrogens is 420 g/mol. The second-order valence-corrected chi connectivity index (χ2v) is 9.30. The van der Waals surface area contributed by atoms with Crippen molar-refractivity contribution in [2.45, 2.75) is 52.1 Å². The van der Waals surface area contributed by atoms with E-state index in [4.69, 9.17) is 4.98 Å². The van der Waals surface area contributed by atoms with Crippen molar-refractivity contribution in [2.75, 3.05) is 0 Å². The predicted molar refractivity (Wildman–Crippen MR) is 137 cm³/mol. The largest absolute Gasteiger partial charge is 0.478 e. The normalized spacial score (nSPS) is 14.1. The Morgan fingerprint density at radius 1 is 1.03 bits per heavy atom. The number of aromatic carboxylic acids is 1. The van der Waals surface area contributed by atoms with Gasteiger partial charge in [0.15, 0.2) is 0 Å². The van der Waals surface area contributed by atoms with Gasteiger partial charge in [-0.3, -0.25) is 4.98 Å². The lowest BCUT2D eigenvalue weighted by atomic mass is 9.88. The zero-order valence-electron chi connectivity index (χ0n) is 19.8. The Kier molecular flexibility index (Phi) is 6.16. The molecule has 1 atom stereocenters. The Labute approximate surface area is 200 Å². The number of pyridine rings is 1. The number of carboxylic acid groups (broad SMARTS) is 1. The van der Waals surface area contributed by atoms with E-state index in [0.717, 1.165) is 53.8 Å². The zero-order chi connectivity index (χ0) is 23.7. The number of hydrogen-bond acceptors (Lipinski definition) is 3. The predicted octanol–water partition coefficient (Wildman–Crippen LogP) is 6.64. The maximum Gasteiger partial charge on any atom is 0.335 e. The molecule has 0 unspecified atom stereocenters. The second kappa shape index (κ2) is 9.40. The lowest BCUT2D eigenvalue weighted by molar-refractivity contribution is 0.0696. The van der Waals surface area contributed by atoms with Gasteiger partial charge in [-0.15, -0.1) is 0 Å². The van der Waals surface area contributed by atoms with Crippen molar-refractivity contribution in [3.05, 3.63) is 100 Å². The second-order valence-electron chi connectivity index (χ2n) is 9.30. The summed E-state index contributed by atoms with van der Waals surface area (Å²) in [5.74, 6) is -0.881. The summed E-state index contributed by atoms with van der Waals surface area (Å²) >= 11 is 0. The molecule has 0 saturated carbocycles. The van der Waals surface area contributed by atoms with E-state index in [9.17, 15) is 9.90 Å². The summed E-state index contributed by atoms with van der Waals surface area (Å²) in [6, 6.07) is 23.0. The monoisotopic (exact) mass is 450 g/mol. The van der Waals surface area contributed by atoms with Gasteiger partial charge in [0.05, 0.1) is 11.3 Å². The van der Waals surface area contributed by atoms with Crippen molar-refractivity contribution in [3.8, 4) is 11.1 Å². The van der Waals surface area contributed by atoms with Crippen LogP contribution < -0.4 is 5.32 Å². The van der Waals surface area contributed by atoms with Crippen LogP contribution in [-0.2, 0) is 19.4 Å². The minimum atomic E-state index is -0.881. The first-order valence-electron chi connectivity index (χ1n) is 12.1. The number of carboxylic acids is 1. The highest BCUT2D eigenvalue weighted by Gasteiger charge is 2.19. The molecular formula is C30H30N2O2. The van der Waals surface area contributed by atoms with E-state index in [1.807, 2.05) is 25.1 Å². The summed E-state index contributed by atoms with van der Waals surface area (Å²) in [6.07, 6.45) is 4.27. The fourth-order valence-electron chi connectivity index (χ4n) is 5.13. The SMILES string of the molecule is Cc1ccc(-c2cc(CN[C@H](C)c3cccc4ccccc34)nc3c2CCCC3)cc1C(=O)O. The molecule has 1 heterocycles. The number of nitrogens with zero attached hydrogens (tertiary/aromatic N) is 1. The van der Waals surface area contributed by atoms with Gasteiger partial charge < -0.3 is 10.4 Å². The summed E-state index contributed by atoms with van der Waals surface area (Å²) in [5, 5.41) is 15.8. The Bertz CT molecular complexity index is 1370. The highest BCUT2D eigenvalue weighted by atomic mass is 16.4. The standard InChI is InChI=1S/C30H30N2O2/c1-19-14-15-22(16-27(19)30(33)34)28-17-23(32-29-13-6-5-11-26(28)29)18-31-20(2)24-12-7-9-21-8-3-4-10-25(21)24/h3-4,7-10,12,14-17,20,31H,5-6,11,13,18H2,1-2H3,(H,33,34)/t20-/m1/s1. The molecule has 1 aliphatic rings. The highest BCUT2D eigenvalue weighted by molar-refractivity contribution is 5.91. The molecule has 5 rings (SSSR count). The van der Waals surface area contributed by atoms with Crippen LogP contribution in [0, 0.1) is 6.92 Å². The van der Waals surface area contributed by atoms with Crippen LogP contribution in [0.1, 0.15) is 64.2 Å². The van der Waals surface area contributed by atoms with Gasteiger partial charge in [0.1, 0.15) is 0 Å². The van der Waals surface area contributed by atoms with Crippen molar-refractivity contribution < 1.29 is 9.90 Å². The van der Waals surface area contributed by atoms with Gasteiger partial charge in [-0.05, 0) is 90.3 Å². The number of carbonyl (C=O) groups is 1. The summed E-state index contributed by atoms with van der Waals surface area (Å²) in [5.41, 5.74) is 7.95. The number of aryl methyl sites for hydroxylation is 2. The number of nitrogens with one attached hydrogen (secondary N) is 1. The molecule has 0 radical (unpaired) electrons. The smallest absolute Gasteiger partial charge is 0.335 e. The van der Waals surface area contributed by atoms with Crippen LogP contribution in [0.2, 0.25) is 0 Å². The fourth-order valence-corrected chi connectivity index (χ4v) is 5.13. The van der Waals surface area contributed by atoms with Crippen LogP contribution in [0.3, 0.4) is 0 Å². The van der Waals surface area contributed by atoms with Gasteiger partial charge >= 0.3 is 5.97 Å². The Morgan fingerprint density at radius 2 is 1.82 bits per heavy atom. The molecule has 4 nitrogen and oxygen atoms in total. The molecule has 34 heavy (non-hydrogen) atoms. The third kappa shape index (κ3) is 4.34. The molecule has 3 aromatic carbocycles. The molecule has 0 bridgehead atoms. The number of hydrogen-bond donors (Lipinski definition) is 2. The third-order valence-electron chi connectivity index (χ3n) is 7.01. The quantitative estimate of drug-likeness (QED) is 0.346. The van der Waals surface area contributed by atoms with Crippen LogP contribution in [0.25, 0.3) is 21.9 Å². The van der Waals surface area contributed by atoms with Gasteiger partial charge in [0.25, 0.3) is 0 Å². The van der Waals surface area contributed by atoms with Crippen LogP contribution >= 0.6 is 0 Å². The minimum Gasteiger partial charge on any atom is -0.478 e. The Balaban J connectivity index is 1.47. The van der Waals surface area contributed by atoms with Crippen LogP contribution in [0.15, 0.2) is 66.7 Å². The first-order chi connectivity index (χ1) is 16.5. The number of aromatic nitrogens is 1. The van der Waals surface area contributed by atoms with Crippen molar-refractivity contribution in [3.63, 3.8) is 0 Å². The van der Waals surface area contributed by atoms with E-state index in [1.54, 1.807) is 0 Å². The van der Waals surface area contributed by atoms with Crippen molar-refractivity contribution >= 4 is 16.7 Å². The van der Waals surface area contributed by atoms with Crippen LogP contribution in [-0.4, -0.2) is 16.1 Å². The topological polar surface area (TPSA) is 62.2 Å². The van der Waals surface area contributed by atoms with E-state index in [0.29, 0.717) is 12.1 Å². The molecule has 4 aromatic rings. The van der Waals surface area contributed by atoms with Gasteiger partial charge in [-0.2, -0.15) is 0 Å². The van der Waals surface area contributed by atoms with Crippen LogP contribution in [0.4, 0.5) is 0 Å². The van der Waals surface area contributed by atoms with E-state index >= 15 is 0 Å². The van der Waals surface area contributed by atoms with Crippen molar-refractivity contribution in [1.82, 2.24) is 10.3 Å². The average molecular weight is 451 g/mol. The molecule has 2 N–H and O–H groups in total. The zero-order valence-corrected chi connectivity index (χ0v) is 19.8. The van der Waals surface area contributed by atoms with Crippen LogP contribution in [0.5, 0.6) is 0 Å².